The predicted octanol–water partition coefficient (Wildman–Crippen LogP) is 2.69. The molecule has 44 valence electrons. The van der Waals surface area contributed by atoms with Gasteiger partial charge in [-0.05, 0) is 17.4 Å². The Hall–Kier alpha value is -0.190. The zero-order chi connectivity index (χ0) is 6.20. The molecule has 0 aromatic carbocycles. The molecule has 0 nitrogen and oxygen atoms in total. The van der Waals surface area contributed by atoms with Crippen LogP contribution in [0.4, 0.5) is 0 Å². The third kappa shape index (κ3) is 0.964. The Balaban J connectivity index is 2.74. The second kappa shape index (κ2) is 1.65. The van der Waals surface area contributed by atoms with Crippen LogP contribution < -0.4 is 0 Å². The van der Waals surface area contributed by atoms with Crippen LogP contribution in [0.2, 0.25) is 0 Å². The standard InChI is InChI=1S/C7H9Cl/c1-7(2)5-6(7)3-4-8/h4H,5H2,1-2H3. The predicted molar refractivity (Wildman–Crippen MR) is 35.8 cm³/mol. The second-order valence-electron chi connectivity index (χ2n) is 2.79. The van der Waals surface area contributed by atoms with Gasteiger partial charge in [0.05, 0.1) is 0 Å². The van der Waals surface area contributed by atoms with Crippen molar-refractivity contribution in [2.75, 3.05) is 0 Å². The van der Waals surface area contributed by atoms with Crippen molar-refractivity contribution in [1.82, 2.24) is 0 Å². The molecule has 0 unspecified atom stereocenters. The monoisotopic (exact) mass is 128 g/mol. The zero-order valence-corrected chi connectivity index (χ0v) is 5.92. The van der Waals surface area contributed by atoms with Gasteiger partial charge in [0.1, 0.15) is 0 Å². The maximum atomic E-state index is 5.31. The van der Waals surface area contributed by atoms with Crippen LogP contribution in [0.25, 0.3) is 0 Å². The Bertz CT molecular complexity index is 159. The average Bonchev–Trinajstić information content (AvgIpc) is 2.15. The van der Waals surface area contributed by atoms with E-state index in [4.69, 9.17) is 11.6 Å². The van der Waals surface area contributed by atoms with Crippen molar-refractivity contribution in [2.24, 2.45) is 5.41 Å². The summed E-state index contributed by atoms with van der Waals surface area (Å²) in [7, 11) is 0. The highest BCUT2D eigenvalue weighted by Crippen LogP contribution is 2.50. The Morgan fingerprint density at radius 1 is 1.75 bits per heavy atom. The molecule has 1 aliphatic rings. The summed E-state index contributed by atoms with van der Waals surface area (Å²) in [5, 5.41) is 0. The van der Waals surface area contributed by atoms with Gasteiger partial charge in [0.25, 0.3) is 0 Å². The summed E-state index contributed by atoms with van der Waals surface area (Å²) >= 11 is 5.31. The van der Waals surface area contributed by atoms with Gasteiger partial charge in [-0.25, -0.2) is 0 Å². The Kier molecular flexibility index (Phi) is 1.22. The van der Waals surface area contributed by atoms with Crippen molar-refractivity contribution in [1.29, 1.82) is 0 Å². The van der Waals surface area contributed by atoms with E-state index in [9.17, 15) is 0 Å². The molecule has 0 saturated heterocycles. The van der Waals surface area contributed by atoms with Crippen LogP contribution in [-0.4, -0.2) is 0 Å². The fourth-order valence-electron chi connectivity index (χ4n) is 0.710. The summed E-state index contributed by atoms with van der Waals surface area (Å²) in [4.78, 5) is 0. The largest absolute Gasteiger partial charge is 0.109 e. The van der Waals surface area contributed by atoms with Crippen LogP contribution in [0, 0.1) is 5.41 Å². The smallest absolute Gasteiger partial charge is 0.0462 e. The fourth-order valence-corrected chi connectivity index (χ4v) is 0.842. The van der Waals surface area contributed by atoms with E-state index in [0.717, 1.165) is 6.42 Å². The number of rotatable bonds is 0. The van der Waals surface area contributed by atoms with Crippen LogP contribution in [0.3, 0.4) is 0 Å². The van der Waals surface area contributed by atoms with Crippen molar-refractivity contribution < 1.29 is 0 Å². The van der Waals surface area contributed by atoms with Gasteiger partial charge in [0.2, 0.25) is 0 Å². The highest BCUT2D eigenvalue weighted by Gasteiger charge is 2.38. The summed E-state index contributed by atoms with van der Waals surface area (Å²) < 4.78 is 0. The molecule has 0 aromatic rings. The van der Waals surface area contributed by atoms with Crippen LogP contribution in [0.1, 0.15) is 20.3 Å². The van der Waals surface area contributed by atoms with E-state index in [1.165, 1.54) is 11.1 Å². The molecule has 1 fully saturated rings. The molecule has 0 atom stereocenters. The minimum Gasteiger partial charge on any atom is -0.109 e. The molecule has 0 aliphatic heterocycles. The maximum absolute atomic E-state index is 5.31. The quantitative estimate of drug-likeness (QED) is 0.440. The number of hydrogen-bond acceptors (Lipinski definition) is 0. The summed E-state index contributed by atoms with van der Waals surface area (Å²) in [6.07, 6.45) is 1.16. The van der Waals surface area contributed by atoms with Gasteiger partial charge in [0, 0.05) is 5.54 Å². The van der Waals surface area contributed by atoms with Crippen molar-refractivity contribution in [3.8, 4) is 0 Å². The first-order valence-electron chi connectivity index (χ1n) is 2.71. The lowest BCUT2D eigenvalue weighted by Crippen LogP contribution is -1.77. The summed E-state index contributed by atoms with van der Waals surface area (Å²) in [6.45, 7) is 4.38. The summed E-state index contributed by atoms with van der Waals surface area (Å²) in [6, 6.07) is 0. The van der Waals surface area contributed by atoms with Crippen molar-refractivity contribution >= 4 is 11.6 Å². The molecule has 1 rings (SSSR count). The van der Waals surface area contributed by atoms with E-state index in [1.54, 1.807) is 0 Å². The molecule has 0 radical (unpaired) electrons. The first-order chi connectivity index (χ1) is 3.67. The normalized spacial score (nSPS) is 22.1. The molecule has 0 aromatic heterocycles. The van der Waals surface area contributed by atoms with Gasteiger partial charge in [-0.15, -0.1) is 5.73 Å². The third-order valence-electron chi connectivity index (χ3n) is 1.54. The van der Waals surface area contributed by atoms with Crippen LogP contribution >= 0.6 is 11.6 Å². The van der Waals surface area contributed by atoms with E-state index < -0.39 is 0 Å². The zero-order valence-electron chi connectivity index (χ0n) is 5.16. The minimum atomic E-state index is 0.408. The minimum absolute atomic E-state index is 0.408. The van der Waals surface area contributed by atoms with Crippen molar-refractivity contribution in [3.05, 3.63) is 16.8 Å². The highest BCUT2D eigenvalue weighted by molar-refractivity contribution is 6.25. The molecule has 0 N–H and O–H groups in total. The molecule has 1 saturated carbocycles. The van der Waals surface area contributed by atoms with Crippen LogP contribution in [-0.2, 0) is 0 Å². The molecular weight excluding hydrogens is 120 g/mol. The molecule has 0 amide bonds. The molecule has 1 heteroatoms. The van der Waals surface area contributed by atoms with Gasteiger partial charge in [-0.2, -0.15) is 0 Å². The number of allylic oxidation sites excluding steroid dienone is 1. The lowest BCUT2D eigenvalue weighted by Gasteiger charge is -1.87. The van der Waals surface area contributed by atoms with E-state index in [2.05, 4.69) is 19.6 Å². The van der Waals surface area contributed by atoms with Crippen LogP contribution in [0.5, 0.6) is 0 Å². The molecule has 8 heavy (non-hydrogen) atoms. The molecular formula is C7H9Cl. The summed E-state index contributed by atoms with van der Waals surface area (Å²) in [5.74, 6) is 0. The second-order valence-corrected chi connectivity index (χ2v) is 3.01. The Morgan fingerprint density at radius 3 is 2.38 bits per heavy atom. The Morgan fingerprint density at radius 2 is 2.25 bits per heavy atom. The highest BCUT2D eigenvalue weighted by atomic mass is 35.5. The van der Waals surface area contributed by atoms with Crippen molar-refractivity contribution in [3.63, 3.8) is 0 Å². The molecule has 0 bridgehead atoms. The SMILES string of the molecule is CC1(C)CC1=C=CCl. The van der Waals surface area contributed by atoms with E-state index in [1.807, 2.05) is 0 Å². The van der Waals surface area contributed by atoms with Crippen LogP contribution in [0.15, 0.2) is 16.8 Å². The number of halogens is 1. The van der Waals surface area contributed by atoms with E-state index in [0.29, 0.717) is 5.41 Å². The third-order valence-corrected chi connectivity index (χ3v) is 1.65. The van der Waals surface area contributed by atoms with E-state index in [-0.39, 0.29) is 0 Å². The van der Waals surface area contributed by atoms with E-state index >= 15 is 0 Å². The molecule has 1 aliphatic carbocycles. The first-order valence-corrected chi connectivity index (χ1v) is 3.15. The maximum Gasteiger partial charge on any atom is 0.0462 e. The van der Waals surface area contributed by atoms with Gasteiger partial charge < -0.3 is 0 Å². The summed E-state index contributed by atoms with van der Waals surface area (Å²) in [5.41, 5.74) is 6.18. The lowest BCUT2D eigenvalue weighted by atomic mass is 10.2. The number of hydrogen-bond donors (Lipinski definition) is 0. The lowest BCUT2D eigenvalue weighted by molar-refractivity contribution is 0.687. The van der Waals surface area contributed by atoms with Gasteiger partial charge in [-0.1, -0.05) is 25.4 Å². The van der Waals surface area contributed by atoms with Crippen molar-refractivity contribution in [2.45, 2.75) is 20.3 Å². The fraction of sp³-hybridized carbons (Fsp3) is 0.571. The molecule has 0 spiro atoms. The Labute approximate surface area is 54.8 Å². The first kappa shape index (κ1) is 5.94. The topological polar surface area (TPSA) is 0 Å². The van der Waals surface area contributed by atoms with Gasteiger partial charge in [0.15, 0.2) is 0 Å². The molecule has 0 heterocycles. The van der Waals surface area contributed by atoms with Gasteiger partial charge >= 0.3 is 0 Å². The van der Waals surface area contributed by atoms with Gasteiger partial charge in [-0.3, -0.25) is 0 Å². The average molecular weight is 129 g/mol.